The van der Waals surface area contributed by atoms with E-state index in [0.29, 0.717) is 12.3 Å². The Labute approximate surface area is 167 Å². The molecule has 0 aromatic carbocycles. The van der Waals surface area contributed by atoms with Crippen LogP contribution in [0.1, 0.15) is 50.5 Å². The Kier molecular flexibility index (Phi) is 5.67. The number of rotatable bonds is 4. The zero-order valence-electron chi connectivity index (χ0n) is 16.7. The number of carbonyl (C=O) groups is 2. The third kappa shape index (κ3) is 4.22. The number of nitrogens with zero attached hydrogens (tertiary/aromatic N) is 3. The van der Waals surface area contributed by atoms with Gasteiger partial charge >= 0.3 is 0 Å². The minimum atomic E-state index is 0.133. The van der Waals surface area contributed by atoms with Crippen molar-refractivity contribution in [3.05, 3.63) is 30.1 Å². The summed E-state index contributed by atoms with van der Waals surface area (Å²) in [6.07, 6.45) is 10.9. The van der Waals surface area contributed by atoms with Gasteiger partial charge in [-0.1, -0.05) is 0 Å². The second kappa shape index (κ2) is 8.19. The van der Waals surface area contributed by atoms with E-state index in [9.17, 15) is 9.59 Å². The maximum absolute atomic E-state index is 12.8. The predicted octanol–water partition coefficient (Wildman–Crippen LogP) is 1.98. The molecule has 1 aromatic rings. The van der Waals surface area contributed by atoms with Crippen molar-refractivity contribution >= 4 is 11.8 Å². The predicted molar refractivity (Wildman–Crippen MR) is 107 cm³/mol. The quantitative estimate of drug-likeness (QED) is 0.861. The molecule has 3 aliphatic rings. The Morgan fingerprint density at radius 1 is 1.18 bits per heavy atom. The first-order valence-electron chi connectivity index (χ1n) is 10.8. The van der Waals surface area contributed by atoms with Gasteiger partial charge in [-0.15, -0.1) is 0 Å². The molecule has 28 heavy (non-hydrogen) atoms. The van der Waals surface area contributed by atoms with Crippen LogP contribution in [0.3, 0.4) is 0 Å². The molecule has 2 aliphatic heterocycles. The summed E-state index contributed by atoms with van der Waals surface area (Å²) in [6, 6.07) is 4.23. The number of piperidine rings is 2. The first kappa shape index (κ1) is 19.4. The molecular formula is C22H32N4O2. The van der Waals surface area contributed by atoms with Crippen molar-refractivity contribution in [2.45, 2.75) is 57.4 Å². The van der Waals surface area contributed by atoms with E-state index in [4.69, 9.17) is 5.73 Å². The lowest BCUT2D eigenvalue weighted by Crippen LogP contribution is -2.53. The highest BCUT2D eigenvalue weighted by atomic mass is 16.2. The average Bonchev–Trinajstić information content (AvgIpc) is 3.16. The van der Waals surface area contributed by atoms with E-state index < -0.39 is 0 Å². The van der Waals surface area contributed by atoms with Gasteiger partial charge in [0.05, 0.1) is 0 Å². The highest BCUT2D eigenvalue weighted by Gasteiger charge is 2.42. The summed E-state index contributed by atoms with van der Waals surface area (Å²) < 4.78 is 0. The Morgan fingerprint density at radius 3 is 2.61 bits per heavy atom. The molecule has 6 heteroatoms. The van der Waals surface area contributed by atoms with Crippen LogP contribution in [0.2, 0.25) is 0 Å². The van der Waals surface area contributed by atoms with Gasteiger partial charge in [0.25, 0.3) is 0 Å². The van der Waals surface area contributed by atoms with Gasteiger partial charge in [-0.3, -0.25) is 14.6 Å². The summed E-state index contributed by atoms with van der Waals surface area (Å²) in [5.74, 6) is 0.719. The van der Waals surface area contributed by atoms with Crippen molar-refractivity contribution in [2.24, 2.45) is 17.1 Å². The van der Waals surface area contributed by atoms with Crippen LogP contribution in [0.4, 0.5) is 0 Å². The van der Waals surface area contributed by atoms with Crippen molar-refractivity contribution < 1.29 is 9.59 Å². The molecule has 0 radical (unpaired) electrons. The van der Waals surface area contributed by atoms with Crippen LogP contribution >= 0.6 is 0 Å². The van der Waals surface area contributed by atoms with Gasteiger partial charge in [0.2, 0.25) is 11.8 Å². The van der Waals surface area contributed by atoms with Crippen molar-refractivity contribution in [1.82, 2.24) is 14.8 Å². The fourth-order valence-electron chi connectivity index (χ4n) is 5.23. The summed E-state index contributed by atoms with van der Waals surface area (Å²) in [5.41, 5.74) is 7.40. The van der Waals surface area contributed by atoms with Crippen LogP contribution in [0.15, 0.2) is 24.5 Å². The summed E-state index contributed by atoms with van der Waals surface area (Å²) >= 11 is 0. The largest absolute Gasteiger partial charge is 0.342 e. The number of hydrogen-bond acceptors (Lipinski definition) is 4. The van der Waals surface area contributed by atoms with Crippen molar-refractivity contribution in [1.29, 1.82) is 0 Å². The molecular weight excluding hydrogens is 352 g/mol. The van der Waals surface area contributed by atoms with Gasteiger partial charge < -0.3 is 15.5 Å². The molecule has 2 atom stereocenters. The third-order valence-electron chi connectivity index (χ3n) is 7.13. The van der Waals surface area contributed by atoms with E-state index >= 15 is 0 Å². The minimum Gasteiger partial charge on any atom is -0.342 e. The highest BCUT2D eigenvalue weighted by Crippen LogP contribution is 2.41. The SMILES string of the molecule is N[C@@H]1CC[C@H](C(=O)N2CCC3(CCC(=O)N(CCc4ccncc4)C3)CC2)C1. The maximum Gasteiger partial charge on any atom is 0.225 e. The number of carbonyl (C=O) groups excluding carboxylic acids is 2. The lowest BCUT2D eigenvalue weighted by atomic mass is 9.72. The van der Waals surface area contributed by atoms with Crippen LogP contribution in [-0.2, 0) is 16.0 Å². The molecule has 152 valence electrons. The molecule has 4 rings (SSSR count). The molecule has 6 nitrogen and oxygen atoms in total. The van der Waals surface area contributed by atoms with E-state index in [1.807, 2.05) is 12.1 Å². The van der Waals surface area contributed by atoms with Gasteiger partial charge in [0.1, 0.15) is 0 Å². The summed E-state index contributed by atoms with van der Waals surface area (Å²) in [5, 5.41) is 0. The van der Waals surface area contributed by atoms with E-state index in [1.165, 1.54) is 5.56 Å². The van der Waals surface area contributed by atoms with Crippen LogP contribution in [0.5, 0.6) is 0 Å². The molecule has 2 amide bonds. The molecule has 1 spiro atoms. The zero-order chi connectivity index (χ0) is 19.6. The van der Waals surface area contributed by atoms with Crippen LogP contribution in [0.25, 0.3) is 0 Å². The molecule has 1 saturated carbocycles. The van der Waals surface area contributed by atoms with E-state index in [2.05, 4.69) is 14.8 Å². The van der Waals surface area contributed by atoms with Crippen molar-refractivity contribution in [3.63, 3.8) is 0 Å². The standard InChI is InChI=1S/C22H32N4O2/c23-19-2-1-18(15-19)21(28)25-13-8-22(9-14-25)7-3-20(27)26(16-22)12-6-17-4-10-24-11-5-17/h4-5,10-11,18-19H,1-3,6-9,12-16,23H2/t18-,19+/m0/s1. The number of amides is 2. The molecule has 2 saturated heterocycles. The number of aromatic nitrogens is 1. The first-order chi connectivity index (χ1) is 13.5. The second-order valence-corrected chi connectivity index (χ2v) is 9.02. The summed E-state index contributed by atoms with van der Waals surface area (Å²) in [4.78, 5) is 33.4. The maximum atomic E-state index is 12.8. The molecule has 0 bridgehead atoms. The fraction of sp³-hybridized carbons (Fsp3) is 0.682. The van der Waals surface area contributed by atoms with Crippen molar-refractivity contribution in [3.8, 4) is 0 Å². The second-order valence-electron chi connectivity index (χ2n) is 9.02. The van der Waals surface area contributed by atoms with Crippen molar-refractivity contribution in [2.75, 3.05) is 26.2 Å². The van der Waals surface area contributed by atoms with Crippen LogP contribution in [-0.4, -0.2) is 58.8 Å². The molecule has 3 fully saturated rings. The fourth-order valence-corrected chi connectivity index (χ4v) is 5.23. The number of likely N-dealkylation sites (tertiary alicyclic amines) is 2. The van der Waals surface area contributed by atoms with Crippen LogP contribution in [0, 0.1) is 11.3 Å². The Balaban J connectivity index is 1.31. The molecule has 3 heterocycles. The normalized spacial score (nSPS) is 27.4. The monoisotopic (exact) mass is 384 g/mol. The molecule has 1 aromatic heterocycles. The minimum absolute atomic E-state index is 0.133. The van der Waals surface area contributed by atoms with Gasteiger partial charge in [-0.25, -0.2) is 0 Å². The van der Waals surface area contributed by atoms with Gasteiger partial charge in [0.15, 0.2) is 0 Å². The third-order valence-corrected chi connectivity index (χ3v) is 7.13. The molecule has 2 N–H and O–H groups in total. The van der Waals surface area contributed by atoms with Gasteiger partial charge in [0, 0.05) is 57.0 Å². The van der Waals surface area contributed by atoms with E-state index in [0.717, 1.165) is 71.1 Å². The first-order valence-corrected chi connectivity index (χ1v) is 10.8. The number of pyridine rings is 1. The highest BCUT2D eigenvalue weighted by molar-refractivity contribution is 5.79. The topological polar surface area (TPSA) is 79.5 Å². The molecule has 0 unspecified atom stereocenters. The van der Waals surface area contributed by atoms with Crippen LogP contribution < -0.4 is 5.73 Å². The lowest BCUT2D eigenvalue weighted by Gasteiger charge is -2.47. The summed E-state index contributed by atoms with van der Waals surface area (Å²) in [6.45, 7) is 3.27. The lowest BCUT2D eigenvalue weighted by molar-refractivity contribution is -0.144. The smallest absolute Gasteiger partial charge is 0.225 e. The Hall–Kier alpha value is -1.95. The van der Waals surface area contributed by atoms with E-state index in [1.54, 1.807) is 12.4 Å². The van der Waals surface area contributed by atoms with Gasteiger partial charge in [-0.2, -0.15) is 0 Å². The zero-order valence-corrected chi connectivity index (χ0v) is 16.7. The number of hydrogen-bond donors (Lipinski definition) is 1. The Morgan fingerprint density at radius 2 is 1.93 bits per heavy atom. The Bertz CT molecular complexity index is 700. The molecule has 1 aliphatic carbocycles. The number of nitrogens with two attached hydrogens (primary N) is 1. The van der Waals surface area contributed by atoms with E-state index in [-0.39, 0.29) is 23.3 Å². The summed E-state index contributed by atoms with van der Waals surface area (Å²) in [7, 11) is 0. The average molecular weight is 385 g/mol. The van der Waals surface area contributed by atoms with Gasteiger partial charge in [-0.05, 0) is 68.1 Å².